The maximum atomic E-state index is 14.3. The smallest absolute Gasteiger partial charge is 0.266 e. The van der Waals surface area contributed by atoms with Gasteiger partial charge in [0.05, 0.1) is 10.6 Å². The summed E-state index contributed by atoms with van der Waals surface area (Å²) in [6.45, 7) is 4.49. The SMILES string of the molecule is CCCCCN1C(=O)C(=Cc2cn(-c3ccccc3)nc2-c2ccc(C)c(F)c2)SC1=S. The van der Waals surface area contributed by atoms with Gasteiger partial charge in [-0.15, -0.1) is 0 Å². The summed E-state index contributed by atoms with van der Waals surface area (Å²) in [4.78, 5) is 15.2. The molecular formula is C25H24FN3OS2. The third-order valence-electron chi connectivity index (χ3n) is 5.35. The van der Waals surface area contributed by atoms with Crippen molar-refractivity contribution in [3.05, 3.63) is 76.6 Å². The molecule has 4 nitrogen and oxygen atoms in total. The van der Waals surface area contributed by atoms with Crippen LogP contribution in [0.1, 0.15) is 37.3 Å². The second-order valence-corrected chi connectivity index (χ2v) is 9.39. The van der Waals surface area contributed by atoms with Crippen LogP contribution in [0, 0.1) is 12.7 Å². The standard InChI is InChI=1S/C25H24FN3OS2/c1-3-4-8-13-28-24(30)22(32-25(28)31)15-19-16-29(20-9-6-5-7-10-20)27-23(19)18-12-11-17(2)21(26)14-18/h5-7,9-12,14-16H,3-4,8,13H2,1-2H3. The molecule has 0 atom stereocenters. The fraction of sp³-hybridized carbons (Fsp3) is 0.240. The van der Waals surface area contributed by atoms with E-state index in [1.54, 1.807) is 22.6 Å². The Morgan fingerprint density at radius 2 is 1.94 bits per heavy atom. The van der Waals surface area contributed by atoms with Crippen LogP contribution in [0.4, 0.5) is 4.39 Å². The number of hydrogen-bond acceptors (Lipinski definition) is 4. The highest BCUT2D eigenvalue weighted by atomic mass is 32.2. The van der Waals surface area contributed by atoms with Gasteiger partial charge in [-0.1, -0.05) is 74.1 Å². The van der Waals surface area contributed by atoms with Gasteiger partial charge in [0.2, 0.25) is 0 Å². The van der Waals surface area contributed by atoms with Gasteiger partial charge < -0.3 is 0 Å². The van der Waals surface area contributed by atoms with E-state index in [0.29, 0.717) is 32.6 Å². The maximum absolute atomic E-state index is 14.3. The molecule has 2 heterocycles. The molecule has 0 spiro atoms. The zero-order valence-electron chi connectivity index (χ0n) is 18.0. The fourth-order valence-corrected chi connectivity index (χ4v) is 4.82. The second-order valence-electron chi connectivity index (χ2n) is 7.72. The number of thioether (sulfide) groups is 1. The van der Waals surface area contributed by atoms with E-state index in [-0.39, 0.29) is 11.7 Å². The minimum atomic E-state index is -0.287. The number of halogens is 1. The molecule has 1 amide bonds. The van der Waals surface area contributed by atoms with Crippen molar-refractivity contribution in [2.45, 2.75) is 33.1 Å². The number of rotatable bonds is 7. The molecule has 2 aromatic carbocycles. The van der Waals surface area contributed by atoms with E-state index in [1.165, 1.54) is 17.8 Å². The van der Waals surface area contributed by atoms with Crippen molar-refractivity contribution in [3.63, 3.8) is 0 Å². The molecule has 7 heteroatoms. The first kappa shape index (κ1) is 22.4. The molecular weight excluding hydrogens is 441 g/mol. The van der Waals surface area contributed by atoms with Crippen molar-refractivity contribution in [3.8, 4) is 16.9 Å². The third-order valence-corrected chi connectivity index (χ3v) is 6.73. The van der Waals surface area contributed by atoms with Gasteiger partial charge >= 0.3 is 0 Å². The van der Waals surface area contributed by atoms with E-state index >= 15 is 0 Å². The second kappa shape index (κ2) is 9.79. The molecule has 3 aromatic rings. The first-order valence-corrected chi connectivity index (χ1v) is 11.9. The molecule has 1 fully saturated rings. The predicted molar refractivity (Wildman–Crippen MR) is 133 cm³/mol. The van der Waals surface area contributed by atoms with Crippen LogP contribution < -0.4 is 0 Å². The van der Waals surface area contributed by atoms with Gasteiger partial charge in [0.25, 0.3) is 5.91 Å². The number of hydrogen-bond donors (Lipinski definition) is 0. The summed E-state index contributed by atoms with van der Waals surface area (Å²) in [5, 5.41) is 4.73. The van der Waals surface area contributed by atoms with E-state index < -0.39 is 0 Å². The Labute approximate surface area is 197 Å². The average Bonchev–Trinajstić information content (AvgIpc) is 3.33. The minimum absolute atomic E-state index is 0.0791. The maximum Gasteiger partial charge on any atom is 0.266 e. The van der Waals surface area contributed by atoms with Crippen molar-refractivity contribution in [2.24, 2.45) is 0 Å². The number of aromatic nitrogens is 2. The molecule has 0 N–H and O–H groups in total. The molecule has 0 saturated carbocycles. The number of aryl methyl sites for hydroxylation is 1. The van der Waals surface area contributed by atoms with E-state index in [1.807, 2.05) is 48.7 Å². The lowest BCUT2D eigenvalue weighted by Crippen LogP contribution is -2.28. The number of para-hydroxylation sites is 1. The quantitative estimate of drug-likeness (QED) is 0.231. The van der Waals surface area contributed by atoms with E-state index in [9.17, 15) is 9.18 Å². The van der Waals surface area contributed by atoms with Crippen LogP contribution in [0.15, 0.2) is 59.6 Å². The molecule has 0 aliphatic carbocycles. The van der Waals surface area contributed by atoms with Crippen LogP contribution in [0.5, 0.6) is 0 Å². The topological polar surface area (TPSA) is 38.1 Å². The zero-order chi connectivity index (χ0) is 22.7. The van der Waals surface area contributed by atoms with Gasteiger partial charge in [-0.3, -0.25) is 9.69 Å². The largest absolute Gasteiger partial charge is 0.293 e. The highest BCUT2D eigenvalue weighted by Gasteiger charge is 2.32. The normalized spacial score (nSPS) is 15.2. The number of unbranched alkanes of at least 4 members (excludes halogenated alkanes) is 2. The van der Waals surface area contributed by atoms with E-state index in [2.05, 4.69) is 6.92 Å². The lowest BCUT2D eigenvalue weighted by atomic mass is 10.1. The summed E-state index contributed by atoms with van der Waals surface area (Å²) in [5.41, 5.74) is 3.47. The Bertz CT molecular complexity index is 1190. The van der Waals surface area contributed by atoms with Gasteiger partial charge in [-0.05, 0) is 43.2 Å². The summed E-state index contributed by atoms with van der Waals surface area (Å²) < 4.78 is 16.6. The Kier molecular flexibility index (Phi) is 6.86. The van der Waals surface area contributed by atoms with Crippen molar-refractivity contribution in [1.29, 1.82) is 0 Å². The first-order valence-electron chi connectivity index (χ1n) is 10.6. The van der Waals surface area contributed by atoms with Crippen LogP contribution in [0.2, 0.25) is 0 Å². The number of carbonyl (C=O) groups excluding carboxylic acids is 1. The van der Waals surface area contributed by atoms with Gasteiger partial charge in [-0.25, -0.2) is 9.07 Å². The van der Waals surface area contributed by atoms with Gasteiger partial charge in [0.15, 0.2) is 0 Å². The first-order chi connectivity index (χ1) is 15.5. The van der Waals surface area contributed by atoms with Crippen molar-refractivity contribution in [1.82, 2.24) is 14.7 Å². The Hall–Kier alpha value is -2.77. The molecule has 4 rings (SSSR count). The Morgan fingerprint density at radius 1 is 1.16 bits per heavy atom. The molecule has 1 aliphatic heterocycles. The molecule has 32 heavy (non-hydrogen) atoms. The summed E-state index contributed by atoms with van der Waals surface area (Å²) >= 11 is 6.76. The highest BCUT2D eigenvalue weighted by molar-refractivity contribution is 8.26. The van der Waals surface area contributed by atoms with E-state index in [4.69, 9.17) is 17.3 Å². The van der Waals surface area contributed by atoms with Crippen molar-refractivity contribution < 1.29 is 9.18 Å². The van der Waals surface area contributed by atoms with Gasteiger partial charge in [-0.2, -0.15) is 5.10 Å². The number of thiocarbonyl (C=S) groups is 1. The number of benzene rings is 2. The Morgan fingerprint density at radius 3 is 2.66 bits per heavy atom. The molecule has 0 radical (unpaired) electrons. The van der Waals surface area contributed by atoms with Crippen LogP contribution in [0.3, 0.4) is 0 Å². The lowest BCUT2D eigenvalue weighted by Gasteiger charge is -2.13. The summed E-state index contributed by atoms with van der Waals surface area (Å²) in [6.07, 6.45) is 6.75. The van der Waals surface area contributed by atoms with E-state index in [0.717, 1.165) is 30.5 Å². The molecule has 164 valence electrons. The zero-order valence-corrected chi connectivity index (χ0v) is 19.7. The number of nitrogens with zero attached hydrogens (tertiary/aromatic N) is 3. The highest BCUT2D eigenvalue weighted by Crippen LogP contribution is 2.35. The van der Waals surface area contributed by atoms with Crippen LogP contribution in [0.25, 0.3) is 23.0 Å². The Balaban J connectivity index is 1.74. The fourth-order valence-electron chi connectivity index (χ4n) is 3.52. The molecule has 1 aliphatic rings. The minimum Gasteiger partial charge on any atom is -0.293 e. The summed E-state index contributed by atoms with van der Waals surface area (Å²) in [6, 6.07) is 14.8. The van der Waals surface area contributed by atoms with Crippen molar-refractivity contribution in [2.75, 3.05) is 6.54 Å². The summed E-state index contributed by atoms with van der Waals surface area (Å²) in [7, 11) is 0. The van der Waals surface area contributed by atoms with Gasteiger partial charge in [0.1, 0.15) is 15.8 Å². The van der Waals surface area contributed by atoms with Crippen LogP contribution in [-0.2, 0) is 4.79 Å². The van der Waals surface area contributed by atoms with Gasteiger partial charge in [0, 0.05) is 23.9 Å². The van der Waals surface area contributed by atoms with Crippen molar-refractivity contribution >= 4 is 40.3 Å². The third kappa shape index (κ3) is 4.69. The lowest BCUT2D eigenvalue weighted by molar-refractivity contribution is -0.122. The number of amides is 1. The monoisotopic (exact) mass is 465 g/mol. The molecule has 1 saturated heterocycles. The molecule has 0 unspecified atom stereocenters. The summed E-state index contributed by atoms with van der Waals surface area (Å²) in [5.74, 6) is -0.366. The van der Waals surface area contributed by atoms with Crippen LogP contribution in [-0.4, -0.2) is 31.5 Å². The number of carbonyl (C=O) groups is 1. The predicted octanol–water partition coefficient (Wildman–Crippen LogP) is 6.38. The molecule has 1 aromatic heterocycles. The average molecular weight is 466 g/mol. The van der Waals surface area contributed by atoms with Crippen LogP contribution >= 0.6 is 24.0 Å². The molecule has 0 bridgehead atoms.